The second-order valence-electron chi connectivity index (χ2n) is 5.81. The zero-order valence-corrected chi connectivity index (χ0v) is 11.6. The topological polar surface area (TPSA) is 29.3 Å². The third kappa shape index (κ3) is 2.45. The van der Waals surface area contributed by atoms with E-state index >= 15 is 0 Å². The molecule has 18 heavy (non-hydrogen) atoms. The molecule has 1 saturated heterocycles. The normalized spacial score (nSPS) is 19.0. The van der Waals surface area contributed by atoms with Gasteiger partial charge in [0.05, 0.1) is 11.4 Å². The molecule has 0 radical (unpaired) electrons. The summed E-state index contributed by atoms with van der Waals surface area (Å²) in [5.41, 5.74) is 8.61. The Bertz CT molecular complexity index is 434. The van der Waals surface area contributed by atoms with Crippen molar-refractivity contribution in [1.82, 2.24) is 0 Å². The molecule has 0 bridgehead atoms. The van der Waals surface area contributed by atoms with E-state index in [9.17, 15) is 4.39 Å². The zero-order valence-electron chi connectivity index (χ0n) is 11.6. The number of aryl methyl sites for hydroxylation is 1. The van der Waals surface area contributed by atoms with Gasteiger partial charge in [-0.3, -0.25) is 0 Å². The zero-order chi connectivity index (χ0) is 13.3. The van der Waals surface area contributed by atoms with Crippen LogP contribution in [0.5, 0.6) is 0 Å². The highest BCUT2D eigenvalue weighted by atomic mass is 19.1. The molecular formula is C15H23FN2. The van der Waals surface area contributed by atoms with E-state index in [1.165, 1.54) is 25.3 Å². The Labute approximate surface area is 109 Å². The van der Waals surface area contributed by atoms with Gasteiger partial charge in [-0.05, 0) is 42.9 Å². The number of benzene rings is 1. The molecule has 3 heteroatoms. The number of piperidine rings is 1. The number of nitrogen functional groups attached to an aromatic ring is 1. The molecule has 0 unspecified atom stereocenters. The fourth-order valence-corrected chi connectivity index (χ4v) is 2.60. The van der Waals surface area contributed by atoms with E-state index in [0.717, 1.165) is 18.8 Å². The van der Waals surface area contributed by atoms with Gasteiger partial charge in [-0.25, -0.2) is 4.39 Å². The van der Waals surface area contributed by atoms with Crippen LogP contribution in [-0.2, 0) is 0 Å². The van der Waals surface area contributed by atoms with Crippen LogP contribution < -0.4 is 10.6 Å². The van der Waals surface area contributed by atoms with E-state index in [4.69, 9.17) is 5.73 Å². The van der Waals surface area contributed by atoms with Crippen molar-refractivity contribution in [2.75, 3.05) is 23.7 Å². The average molecular weight is 250 g/mol. The molecule has 1 aromatic carbocycles. The summed E-state index contributed by atoms with van der Waals surface area (Å²) < 4.78 is 13.4. The van der Waals surface area contributed by atoms with Crippen molar-refractivity contribution in [3.63, 3.8) is 0 Å². The third-order valence-corrected chi connectivity index (χ3v) is 4.47. The van der Waals surface area contributed by atoms with E-state index in [1.54, 1.807) is 6.92 Å². The fraction of sp³-hybridized carbons (Fsp3) is 0.600. The van der Waals surface area contributed by atoms with E-state index < -0.39 is 0 Å². The number of hydrogen-bond acceptors (Lipinski definition) is 2. The van der Waals surface area contributed by atoms with Crippen LogP contribution in [0, 0.1) is 18.2 Å². The van der Waals surface area contributed by atoms with E-state index in [2.05, 4.69) is 18.7 Å². The molecule has 1 aromatic rings. The molecule has 0 amide bonds. The molecular weight excluding hydrogens is 227 g/mol. The van der Waals surface area contributed by atoms with Crippen LogP contribution >= 0.6 is 0 Å². The van der Waals surface area contributed by atoms with Gasteiger partial charge in [0, 0.05) is 13.1 Å². The molecule has 2 N–H and O–H groups in total. The summed E-state index contributed by atoms with van der Waals surface area (Å²) in [5, 5.41) is 0. The number of nitrogens with two attached hydrogens (primary N) is 1. The number of nitrogens with zero attached hydrogens (tertiary/aromatic N) is 1. The van der Waals surface area contributed by atoms with Crippen molar-refractivity contribution in [2.45, 2.75) is 40.0 Å². The van der Waals surface area contributed by atoms with Gasteiger partial charge < -0.3 is 10.6 Å². The minimum atomic E-state index is -0.216. The molecule has 1 heterocycles. The van der Waals surface area contributed by atoms with Crippen LogP contribution in [0.3, 0.4) is 0 Å². The highest BCUT2D eigenvalue weighted by Crippen LogP contribution is 2.37. The van der Waals surface area contributed by atoms with Gasteiger partial charge in [0.25, 0.3) is 0 Å². The summed E-state index contributed by atoms with van der Waals surface area (Å²) in [5.74, 6) is -0.216. The van der Waals surface area contributed by atoms with Gasteiger partial charge in [-0.2, -0.15) is 0 Å². The fourth-order valence-electron chi connectivity index (χ4n) is 2.60. The first-order valence-electron chi connectivity index (χ1n) is 6.76. The lowest BCUT2D eigenvalue weighted by Gasteiger charge is -2.40. The molecule has 0 atom stereocenters. The van der Waals surface area contributed by atoms with Crippen molar-refractivity contribution in [3.05, 3.63) is 23.5 Å². The molecule has 0 aromatic heterocycles. The summed E-state index contributed by atoms with van der Waals surface area (Å²) in [4.78, 5) is 2.29. The number of rotatable bonds is 2. The first-order chi connectivity index (χ1) is 8.45. The molecule has 0 aliphatic carbocycles. The Balaban J connectivity index is 2.17. The summed E-state index contributed by atoms with van der Waals surface area (Å²) in [6.07, 6.45) is 3.58. The lowest BCUT2D eigenvalue weighted by molar-refractivity contribution is 0.238. The Kier molecular flexibility index (Phi) is 3.51. The Hall–Kier alpha value is -1.25. The minimum Gasteiger partial charge on any atom is -0.397 e. The largest absolute Gasteiger partial charge is 0.397 e. The highest BCUT2D eigenvalue weighted by Gasteiger charge is 2.29. The Morgan fingerprint density at radius 3 is 2.50 bits per heavy atom. The second-order valence-corrected chi connectivity index (χ2v) is 5.81. The van der Waals surface area contributed by atoms with Crippen LogP contribution in [0.25, 0.3) is 0 Å². The van der Waals surface area contributed by atoms with Crippen LogP contribution in [0.4, 0.5) is 15.8 Å². The molecule has 2 nitrogen and oxygen atoms in total. The number of halogens is 1. The van der Waals surface area contributed by atoms with Crippen LogP contribution in [0.15, 0.2) is 12.1 Å². The SMILES string of the molecule is CCC1(C)CCN(c2cc(C)c(F)cc2N)CC1. The quantitative estimate of drug-likeness (QED) is 0.810. The van der Waals surface area contributed by atoms with Gasteiger partial charge in [-0.15, -0.1) is 0 Å². The standard InChI is InChI=1S/C15H23FN2/c1-4-15(3)5-7-18(8-6-15)14-9-11(2)12(16)10-13(14)17/h9-10H,4-8,17H2,1-3H3. The molecule has 1 fully saturated rings. The maximum Gasteiger partial charge on any atom is 0.128 e. The third-order valence-electron chi connectivity index (χ3n) is 4.47. The van der Waals surface area contributed by atoms with Crippen molar-refractivity contribution < 1.29 is 4.39 Å². The second kappa shape index (κ2) is 4.79. The van der Waals surface area contributed by atoms with Gasteiger partial charge in [-0.1, -0.05) is 20.3 Å². The van der Waals surface area contributed by atoms with E-state index in [0.29, 0.717) is 16.7 Å². The molecule has 0 spiro atoms. The molecule has 1 aliphatic rings. The van der Waals surface area contributed by atoms with Crippen LogP contribution in [-0.4, -0.2) is 13.1 Å². The van der Waals surface area contributed by atoms with E-state index in [1.807, 2.05) is 6.07 Å². The molecule has 0 saturated carbocycles. The maximum absolute atomic E-state index is 13.4. The summed E-state index contributed by atoms with van der Waals surface area (Å²) in [7, 11) is 0. The minimum absolute atomic E-state index is 0.216. The van der Waals surface area contributed by atoms with Crippen LogP contribution in [0.2, 0.25) is 0 Å². The first-order valence-corrected chi connectivity index (χ1v) is 6.76. The summed E-state index contributed by atoms with van der Waals surface area (Å²) in [6, 6.07) is 3.32. The maximum atomic E-state index is 13.4. The predicted octanol–water partition coefficient (Wildman–Crippen LogP) is 3.73. The number of anilines is 2. The van der Waals surface area contributed by atoms with Crippen molar-refractivity contribution in [2.24, 2.45) is 5.41 Å². The van der Waals surface area contributed by atoms with Crippen LogP contribution in [0.1, 0.15) is 38.7 Å². The smallest absolute Gasteiger partial charge is 0.128 e. The highest BCUT2D eigenvalue weighted by molar-refractivity contribution is 5.69. The Morgan fingerprint density at radius 1 is 1.33 bits per heavy atom. The van der Waals surface area contributed by atoms with Crippen molar-refractivity contribution in [3.8, 4) is 0 Å². The summed E-state index contributed by atoms with van der Waals surface area (Å²) in [6.45, 7) is 8.42. The van der Waals surface area contributed by atoms with E-state index in [-0.39, 0.29) is 5.82 Å². The summed E-state index contributed by atoms with van der Waals surface area (Å²) >= 11 is 0. The van der Waals surface area contributed by atoms with Gasteiger partial charge >= 0.3 is 0 Å². The predicted molar refractivity (Wildman–Crippen MR) is 75.4 cm³/mol. The van der Waals surface area contributed by atoms with Crippen molar-refractivity contribution >= 4 is 11.4 Å². The number of hydrogen-bond donors (Lipinski definition) is 1. The monoisotopic (exact) mass is 250 g/mol. The lowest BCUT2D eigenvalue weighted by Crippen LogP contribution is -2.38. The van der Waals surface area contributed by atoms with Gasteiger partial charge in [0.2, 0.25) is 0 Å². The van der Waals surface area contributed by atoms with Gasteiger partial charge in [0.1, 0.15) is 5.82 Å². The molecule has 2 rings (SSSR count). The molecule has 1 aliphatic heterocycles. The lowest BCUT2D eigenvalue weighted by atomic mass is 9.78. The van der Waals surface area contributed by atoms with Crippen molar-refractivity contribution in [1.29, 1.82) is 0 Å². The first kappa shape index (κ1) is 13.2. The van der Waals surface area contributed by atoms with Gasteiger partial charge in [0.15, 0.2) is 0 Å². The average Bonchev–Trinajstić information content (AvgIpc) is 2.35. The molecule has 100 valence electrons. The Morgan fingerprint density at radius 2 is 1.94 bits per heavy atom.